The van der Waals surface area contributed by atoms with E-state index in [9.17, 15) is 0 Å². The fourth-order valence-electron chi connectivity index (χ4n) is 5.39. The maximum atomic E-state index is 5.97. The Morgan fingerprint density at radius 2 is 1.00 bits per heavy atom. The number of hydrogen-bond donors (Lipinski definition) is 0. The molecule has 3 aliphatic heterocycles. The Hall–Kier alpha value is -0.670. The monoisotopic (exact) mass is 416 g/mol. The average Bonchev–Trinajstić information content (AvgIpc) is 3.49. The standard InChI is InChI=1S/C24H41N4P/c1-20(2)22-12-11-13-23(21(3)4)24(22)25-29(26-14-5-6-15-26,27-16-7-8-17-27)28-18-9-10-19-28/h11-13,20-21H,5-10,14-19H2,1-4H3. The smallest absolute Gasteiger partial charge is 0.173 e. The maximum Gasteiger partial charge on any atom is 0.173 e. The molecule has 29 heavy (non-hydrogen) atoms. The van der Waals surface area contributed by atoms with E-state index in [0.29, 0.717) is 11.8 Å². The average molecular weight is 417 g/mol. The maximum absolute atomic E-state index is 5.97. The molecule has 3 aliphatic rings. The Bertz CT molecular complexity index is 665. The summed E-state index contributed by atoms with van der Waals surface area (Å²) in [5.74, 6) is 1.01. The van der Waals surface area contributed by atoms with Crippen molar-refractivity contribution < 1.29 is 0 Å². The molecule has 3 saturated heterocycles. The van der Waals surface area contributed by atoms with Gasteiger partial charge in [-0.15, -0.1) is 0 Å². The van der Waals surface area contributed by atoms with Crippen molar-refractivity contribution in [2.75, 3.05) is 39.3 Å². The quantitative estimate of drug-likeness (QED) is 0.476. The lowest BCUT2D eigenvalue weighted by molar-refractivity contribution is 0.384. The molecule has 0 saturated carbocycles. The highest BCUT2D eigenvalue weighted by molar-refractivity contribution is 7.59. The Balaban J connectivity index is 1.97. The first kappa shape index (κ1) is 21.6. The molecule has 0 aliphatic carbocycles. The molecule has 0 N–H and O–H groups in total. The van der Waals surface area contributed by atoms with Crippen molar-refractivity contribution in [2.45, 2.75) is 78.1 Å². The third-order valence-electron chi connectivity index (χ3n) is 6.96. The summed E-state index contributed by atoms with van der Waals surface area (Å²) in [6.07, 6.45) is 8.01. The van der Waals surface area contributed by atoms with Gasteiger partial charge >= 0.3 is 0 Å². The van der Waals surface area contributed by atoms with Gasteiger partial charge in [0, 0.05) is 39.3 Å². The molecular formula is C24H41N4P. The van der Waals surface area contributed by atoms with Crippen molar-refractivity contribution in [3.05, 3.63) is 29.3 Å². The summed E-state index contributed by atoms with van der Waals surface area (Å²) in [6, 6.07) is 6.93. The molecule has 0 atom stereocenters. The number of rotatable bonds is 6. The normalized spacial score (nSPS) is 22.4. The first-order valence-electron chi connectivity index (χ1n) is 12.1. The third-order valence-corrected chi connectivity index (χ3v) is 10.9. The molecule has 3 heterocycles. The van der Waals surface area contributed by atoms with E-state index in [1.165, 1.54) is 94.6 Å². The highest BCUT2D eigenvalue weighted by Crippen LogP contribution is 2.65. The van der Waals surface area contributed by atoms with Crippen LogP contribution in [0.4, 0.5) is 5.69 Å². The molecule has 0 radical (unpaired) electrons. The van der Waals surface area contributed by atoms with Crippen LogP contribution in [0.2, 0.25) is 0 Å². The van der Waals surface area contributed by atoms with Crippen LogP contribution in [0.5, 0.6) is 0 Å². The van der Waals surface area contributed by atoms with Gasteiger partial charge in [-0.3, -0.25) is 0 Å². The van der Waals surface area contributed by atoms with E-state index in [-0.39, 0.29) is 0 Å². The van der Waals surface area contributed by atoms with Crippen molar-refractivity contribution >= 4 is 13.2 Å². The molecule has 0 aromatic heterocycles. The lowest BCUT2D eigenvalue weighted by Crippen LogP contribution is -2.38. The Labute approximate surface area is 178 Å². The largest absolute Gasteiger partial charge is 0.246 e. The molecule has 4 nitrogen and oxygen atoms in total. The van der Waals surface area contributed by atoms with Crippen LogP contribution in [0, 0.1) is 0 Å². The minimum atomic E-state index is -1.87. The van der Waals surface area contributed by atoms with E-state index in [0.717, 1.165) is 0 Å². The summed E-state index contributed by atoms with van der Waals surface area (Å²) in [6.45, 7) is 16.7. The van der Waals surface area contributed by atoms with E-state index in [2.05, 4.69) is 59.9 Å². The molecule has 0 amide bonds. The fraction of sp³-hybridized carbons (Fsp3) is 0.750. The zero-order chi connectivity index (χ0) is 20.4. The zero-order valence-electron chi connectivity index (χ0n) is 19.1. The number of benzene rings is 1. The highest BCUT2D eigenvalue weighted by atomic mass is 31.2. The van der Waals surface area contributed by atoms with Crippen LogP contribution in [-0.4, -0.2) is 53.3 Å². The molecule has 1 aromatic rings. The molecule has 1 aromatic carbocycles. The first-order chi connectivity index (χ1) is 14.0. The van der Waals surface area contributed by atoms with E-state index >= 15 is 0 Å². The van der Waals surface area contributed by atoms with Gasteiger partial charge in [0.15, 0.2) is 7.51 Å². The van der Waals surface area contributed by atoms with Gasteiger partial charge in [0.1, 0.15) is 0 Å². The summed E-state index contributed by atoms with van der Waals surface area (Å²) < 4.78 is 14.5. The van der Waals surface area contributed by atoms with Gasteiger partial charge in [0.25, 0.3) is 0 Å². The van der Waals surface area contributed by atoms with Crippen molar-refractivity contribution in [1.29, 1.82) is 0 Å². The van der Waals surface area contributed by atoms with E-state index in [4.69, 9.17) is 4.74 Å². The van der Waals surface area contributed by atoms with Crippen LogP contribution in [-0.2, 0) is 0 Å². The molecule has 0 bridgehead atoms. The fourth-order valence-corrected chi connectivity index (χ4v) is 9.80. The van der Waals surface area contributed by atoms with Gasteiger partial charge in [0.2, 0.25) is 0 Å². The summed E-state index contributed by atoms with van der Waals surface area (Å²) in [5, 5.41) is 0. The van der Waals surface area contributed by atoms with Crippen molar-refractivity contribution in [3.8, 4) is 0 Å². The molecule has 0 unspecified atom stereocenters. The zero-order valence-corrected chi connectivity index (χ0v) is 20.0. The molecule has 4 rings (SSSR count). The van der Waals surface area contributed by atoms with Gasteiger partial charge in [0.05, 0.1) is 5.69 Å². The summed E-state index contributed by atoms with van der Waals surface area (Å²) in [7, 11) is -1.87. The van der Waals surface area contributed by atoms with Crippen LogP contribution in [0.15, 0.2) is 22.9 Å². The molecule has 0 spiro atoms. The molecular weight excluding hydrogens is 375 g/mol. The minimum Gasteiger partial charge on any atom is -0.246 e. The van der Waals surface area contributed by atoms with Crippen molar-refractivity contribution in [2.24, 2.45) is 4.74 Å². The van der Waals surface area contributed by atoms with Crippen molar-refractivity contribution in [3.63, 3.8) is 0 Å². The Morgan fingerprint density at radius 3 is 1.31 bits per heavy atom. The molecule has 5 heteroatoms. The second kappa shape index (κ2) is 9.22. The lowest BCUT2D eigenvalue weighted by atomic mass is 9.93. The van der Waals surface area contributed by atoms with E-state index in [1.54, 1.807) is 0 Å². The third kappa shape index (κ3) is 4.11. The Kier molecular flexibility index (Phi) is 6.85. The number of hydrogen-bond acceptors (Lipinski definition) is 1. The predicted molar refractivity (Wildman–Crippen MR) is 126 cm³/mol. The Morgan fingerprint density at radius 1 is 0.655 bits per heavy atom. The minimum absolute atomic E-state index is 0.505. The van der Waals surface area contributed by atoms with Crippen LogP contribution in [0.1, 0.15) is 89.2 Å². The van der Waals surface area contributed by atoms with Gasteiger partial charge in [-0.1, -0.05) is 45.9 Å². The van der Waals surface area contributed by atoms with Gasteiger partial charge in [-0.05, 0) is 61.5 Å². The van der Waals surface area contributed by atoms with Crippen LogP contribution in [0.25, 0.3) is 0 Å². The van der Waals surface area contributed by atoms with Gasteiger partial charge in [-0.25, -0.2) is 18.8 Å². The summed E-state index contributed by atoms with van der Waals surface area (Å²) >= 11 is 0. The lowest BCUT2D eigenvalue weighted by Gasteiger charge is -2.46. The first-order valence-corrected chi connectivity index (χ1v) is 13.7. The van der Waals surface area contributed by atoms with Crippen LogP contribution in [0.3, 0.4) is 0 Å². The SMILES string of the molecule is CC(C)c1cccc(C(C)C)c1N=P(N1CCCC1)(N1CCCC1)N1CCCC1. The van der Waals surface area contributed by atoms with Gasteiger partial charge in [-0.2, -0.15) is 0 Å². The second-order valence-corrected chi connectivity index (χ2v) is 12.7. The molecule has 3 fully saturated rings. The number of nitrogens with zero attached hydrogens (tertiary/aromatic N) is 4. The van der Waals surface area contributed by atoms with Gasteiger partial charge < -0.3 is 0 Å². The van der Waals surface area contributed by atoms with Crippen molar-refractivity contribution in [1.82, 2.24) is 14.0 Å². The molecule has 162 valence electrons. The topological polar surface area (TPSA) is 22.1 Å². The summed E-state index contributed by atoms with van der Waals surface area (Å²) in [4.78, 5) is 0. The second-order valence-electron chi connectivity index (χ2n) is 9.71. The van der Waals surface area contributed by atoms with Crippen LogP contribution >= 0.6 is 7.51 Å². The predicted octanol–water partition coefficient (Wildman–Crippen LogP) is 6.80. The van der Waals surface area contributed by atoms with E-state index < -0.39 is 7.51 Å². The summed E-state index contributed by atoms with van der Waals surface area (Å²) in [5.41, 5.74) is 4.22. The van der Waals surface area contributed by atoms with E-state index in [1.807, 2.05) is 0 Å². The van der Waals surface area contributed by atoms with Crippen LogP contribution < -0.4 is 0 Å². The highest BCUT2D eigenvalue weighted by Gasteiger charge is 2.43.